The molecule has 35 heavy (non-hydrogen) atoms. The van der Waals surface area contributed by atoms with E-state index >= 15 is 0 Å². The lowest BCUT2D eigenvalue weighted by molar-refractivity contribution is -0.120. The van der Waals surface area contributed by atoms with Gasteiger partial charge < -0.3 is 16.2 Å². The molecular formula is C26H25Cl2N5O2. The minimum Gasteiger partial charge on any atom is -0.394 e. The van der Waals surface area contributed by atoms with E-state index in [2.05, 4.69) is 22.4 Å². The number of guanidine groups is 1. The molecule has 1 aliphatic rings. The first-order valence-electron chi connectivity index (χ1n) is 11.1. The number of hydrogen-bond donors (Lipinski definition) is 3. The standard InChI is InChI=1S/C26H25Cl2N5O2/c27-20-10-6-17(7-11-20)14-30-26(31-23(16-34)25(29)35)33-15-22(18-4-2-1-3-5-18)24(32-33)19-8-12-21(28)13-9-19/h1-13,22-23,34H,14-16H2,(H2,29,35)(H,30,31)/t22-,23+/m0/s1. The fraction of sp³-hybridized carbons (Fsp3) is 0.192. The summed E-state index contributed by atoms with van der Waals surface area (Å²) < 4.78 is 0. The van der Waals surface area contributed by atoms with E-state index in [1.807, 2.05) is 54.6 Å². The number of benzene rings is 3. The third-order valence-electron chi connectivity index (χ3n) is 5.65. The highest BCUT2D eigenvalue weighted by atomic mass is 35.5. The second-order valence-electron chi connectivity index (χ2n) is 8.09. The number of primary amides is 1. The minimum absolute atomic E-state index is 0.0546. The number of amides is 1. The molecule has 1 aliphatic heterocycles. The number of rotatable bonds is 7. The Bertz CT molecular complexity index is 1210. The maximum absolute atomic E-state index is 11.9. The zero-order valence-electron chi connectivity index (χ0n) is 18.8. The average molecular weight is 510 g/mol. The van der Waals surface area contributed by atoms with Gasteiger partial charge in [0.25, 0.3) is 0 Å². The number of aliphatic hydroxyl groups is 1. The number of hydrogen-bond acceptors (Lipinski definition) is 4. The molecule has 3 aromatic rings. The van der Waals surface area contributed by atoms with Crippen LogP contribution in [0, 0.1) is 0 Å². The summed E-state index contributed by atoms with van der Waals surface area (Å²) in [6.45, 7) is 0.319. The lowest BCUT2D eigenvalue weighted by Crippen LogP contribution is -2.51. The lowest BCUT2D eigenvalue weighted by atomic mass is 9.91. The van der Waals surface area contributed by atoms with Crippen molar-refractivity contribution in [3.8, 4) is 0 Å². The van der Waals surface area contributed by atoms with Gasteiger partial charge in [-0.3, -0.25) is 4.79 Å². The van der Waals surface area contributed by atoms with E-state index in [9.17, 15) is 9.90 Å². The van der Waals surface area contributed by atoms with Crippen molar-refractivity contribution >= 4 is 40.8 Å². The van der Waals surface area contributed by atoms with Gasteiger partial charge in [-0.05, 0) is 41.0 Å². The number of aliphatic imine (C=N–C) groups is 1. The minimum atomic E-state index is -1.01. The van der Waals surface area contributed by atoms with Crippen LogP contribution in [0.2, 0.25) is 10.0 Å². The Morgan fingerprint density at radius 3 is 2.29 bits per heavy atom. The monoisotopic (exact) mass is 509 g/mol. The molecule has 1 heterocycles. The Hall–Kier alpha value is -3.39. The number of nitrogens with one attached hydrogen (secondary N) is 1. The number of carbonyl (C=O) groups is 1. The third-order valence-corrected chi connectivity index (χ3v) is 6.16. The molecule has 0 aliphatic carbocycles. The van der Waals surface area contributed by atoms with E-state index in [4.69, 9.17) is 34.0 Å². The number of hydrazone groups is 1. The lowest BCUT2D eigenvalue weighted by Gasteiger charge is -2.23. The molecule has 0 spiro atoms. The van der Waals surface area contributed by atoms with Crippen LogP contribution in [0.15, 0.2) is 89.0 Å². The van der Waals surface area contributed by atoms with Gasteiger partial charge >= 0.3 is 0 Å². The number of nitrogens with two attached hydrogens (primary N) is 1. The first-order chi connectivity index (χ1) is 16.9. The van der Waals surface area contributed by atoms with Crippen LogP contribution in [-0.2, 0) is 11.3 Å². The zero-order chi connectivity index (χ0) is 24.8. The highest BCUT2D eigenvalue weighted by molar-refractivity contribution is 6.31. The van der Waals surface area contributed by atoms with Crippen molar-refractivity contribution in [3.63, 3.8) is 0 Å². The summed E-state index contributed by atoms with van der Waals surface area (Å²) in [5.41, 5.74) is 9.26. The molecule has 0 radical (unpaired) electrons. The van der Waals surface area contributed by atoms with Gasteiger partial charge in [0.15, 0.2) is 0 Å². The second kappa shape index (κ2) is 11.4. The van der Waals surface area contributed by atoms with E-state index < -0.39 is 18.6 Å². The highest BCUT2D eigenvalue weighted by Crippen LogP contribution is 2.29. The summed E-state index contributed by atoms with van der Waals surface area (Å²) in [7, 11) is 0. The predicted molar refractivity (Wildman–Crippen MR) is 140 cm³/mol. The van der Waals surface area contributed by atoms with Crippen molar-refractivity contribution in [3.05, 3.63) is 106 Å². The molecule has 0 unspecified atom stereocenters. The molecule has 180 valence electrons. The van der Waals surface area contributed by atoms with Crippen molar-refractivity contribution in [2.45, 2.75) is 18.5 Å². The van der Waals surface area contributed by atoms with Gasteiger partial charge in [-0.15, -0.1) is 0 Å². The summed E-state index contributed by atoms with van der Waals surface area (Å²) in [6, 6.07) is 23.9. The van der Waals surface area contributed by atoms with Crippen LogP contribution in [-0.4, -0.2) is 46.9 Å². The summed E-state index contributed by atoms with van der Waals surface area (Å²) in [5.74, 6) is -0.406. The Morgan fingerprint density at radius 2 is 1.69 bits per heavy atom. The van der Waals surface area contributed by atoms with Gasteiger partial charge in [0.1, 0.15) is 6.04 Å². The van der Waals surface area contributed by atoms with Crippen LogP contribution in [0.3, 0.4) is 0 Å². The third kappa shape index (κ3) is 6.19. The van der Waals surface area contributed by atoms with Gasteiger partial charge in [-0.25, -0.2) is 10.0 Å². The first-order valence-corrected chi connectivity index (χ1v) is 11.8. The average Bonchev–Trinajstić information content (AvgIpc) is 3.31. The fourth-order valence-electron chi connectivity index (χ4n) is 3.78. The van der Waals surface area contributed by atoms with Crippen molar-refractivity contribution < 1.29 is 9.90 Å². The SMILES string of the molecule is NC(=O)[C@@H](CO)N/C(=N\Cc1ccc(Cl)cc1)N1C[C@@H](c2ccccc2)C(c2ccc(Cl)cc2)=N1. The molecule has 9 heteroatoms. The molecule has 7 nitrogen and oxygen atoms in total. The number of nitrogens with zero attached hydrogens (tertiary/aromatic N) is 3. The van der Waals surface area contributed by atoms with E-state index in [0.29, 0.717) is 29.1 Å². The largest absolute Gasteiger partial charge is 0.394 e. The Labute approximate surface area is 213 Å². The number of aliphatic hydroxyl groups excluding tert-OH is 1. The molecular weight excluding hydrogens is 485 g/mol. The summed E-state index contributed by atoms with van der Waals surface area (Å²) >= 11 is 12.1. The van der Waals surface area contributed by atoms with Crippen molar-refractivity contribution in [1.82, 2.24) is 10.3 Å². The van der Waals surface area contributed by atoms with Gasteiger partial charge in [0.2, 0.25) is 11.9 Å². The maximum Gasteiger partial charge on any atom is 0.242 e. The molecule has 4 N–H and O–H groups in total. The van der Waals surface area contributed by atoms with Crippen LogP contribution < -0.4 is 11.1 Å². The van der Waals surface area contributed by atoms with Crippen LogP contribution in [0.1, 0.15) is 22.6 Å². The molecule has 3 aromatic carbocycles. The fourth-order valence-corrected chi connectivity index (χ4v) is 4.03. The first kappa shape index (κ1) is 24.7. The summed E-state index contributed by atoms with van der Waals surface area (Å²) in [5, 5.41) is 20.5. The van der Waals surface area contributed by atoms with E-state index in [-0.39, 0.29) is 5.92 Å². The van der Waals surface area contributed by atoms with E-state index in [1.165, 1.54) is 0 Å². The van der Waals surface area contributed by atoms with Gasteiger partial charge in [-0.1, -0.05) is 77.8 Å². The molecule has 4 rings (SSSR count). The molecule has 0 fully saturated rings. The van der Waals surface area contributed by atoms with Crippen LogP contribution >= 0.6 is 23.2 Å². The maximum atomic E-state index is 11.9. The number of carbonyl (C=O) groups excluding carboxylic acids is 1. The Morgan fingerprint density at radius 1 is 1.06 bits per heavy atom. The van der Waals surface area contributed by atoms with Gasteiger partial charge in [-0.2, -0.15) is 5.10 Å². The molecule has 0 aromatic heterocycles. The van der Waals surface area contributed by atoms with E-state index in [1.54, 1.807) is 17.1 Å². The number of halogens is 2. The summed E-state index contributed by atoms with van der Waals surface area (Å²) in [4.78, 5) is 16.5. The highest BCUT2D eigenvalue weighted by Gasteiger charge is 2.32. The molecule has 0 bridgehead atoms. The molecule has 1 amide bonds. The van der Waals surface area contributed by atoms with Crippen molar-refractivity contribution in [1.29, 1.82) is 0 Å². The normalized spacial score (nSPS) is 16.7. The quantitative estimate of drug-likeness (QED) is 0.333. The van der Waals surface area contributed by atoms with Crippen molar-refractivity contribution in [2.75, 3.05) is 13.2 Å². The Balaban J connectivity index is 1.71. The molecule has 2 atom stereocenters. The summed E-state index contributed by atoms with van der Waals surface area (Å²) in [6.07, 6.45) is 0. The molecule has 0 saturated carbocycles. The van der Waals surface area contributed by atoms with Crippen LogP contribution in [0.25, 0.3) is 0 Å². The van der Waals surface area contributed by atoms with Crippen molar-refractivity contribution in [2.24, 2.45) is 15.8 Å². The van der Waals surface area contributed by atoms with E-state index in [0.717, 1.165) is 22.4 Å². The smallest absolute Gasteiger partial charge is 0.242 e. The van der Waals surface area contributed by atoms with Gasteiger partial charge in [0.05, 0.1) is 25.4 Å². The van der Waals surface area contributed by atoms with Gasteiger partial charge in [0, 0.05) is 16.0 Å². The second-order valence-corrected chi connectivity index (χ2v) is 8.96. The van der Waals surface area contributed by atoms with Crippen LogP contribution in [0.5, 0.6) is 0 Å². The Kier molecular flexibility index (Phi) is 8.02. The van der Waals surface area contributed by atoms with Crippen LogP contribution in [0.4, 0.5) is 0 Å². The zero-order valence-corrected chi connectivity index (χ0v) is 20.3. The topological polar surface area (TPSA) is 103 Å². The predicted octanol–water partition coefficient (Wildman–Crippen LogP) is 3.79. The molecule has 0 saturated heterocycles.